The molecule has 0 aliphatic heterocycles. The monoisotopic (exact) mass is 336 g/mol. The molecule has 4 rings (SSSR count). The Balaban J connectivity index is 1.73. The van der Waals surface area contributed by atoms with Crippen LogP contribution in [0.5, 0.6) is 0 Å². The molecule has 2 atom stereocenters. The van der Waals surface area contributed by atoms with Gasteiger partial charge in [-0.05, 0) is 36.8 Å². The highest BCUT2D eigenvalue weighted by Gasteiger charge is 2.39. The lowest BCUT2D eigenvalue weighted by molar-refractivity contribution is -0.117. The molecule has 25 heavy (non-hydrogen) atoms. The number of anilines is 2. The van der Waals surface area contributed by atoms with Gasteiger partial charge in [0.2, 0.25) is 5.91 Å². The van der Waals surface area contributed by atoms with Gasteiger partial charge in [-0.3, -0.25) is 4.79 Å². The van der Waals surface area contributed by atoms with Crippen molar-refractivity contribution in [3.63, 3.8) is 0 Å². The molecule has 3 aromatic rings. The molecule has 0 radical (unpaired) electrons. The summed E-state index contributed by atoms with van der Waals surface area (Å²) in [6, 6.07) is 3.78. The molecule has 128 valence electrons. The number of hydrogen-bond donors (Lipinski definition) is 2. The molecule has 1 amide bonds. The Labute approximate surface area is 145 Å². The van der Waals surface area contributed by atoms with Crippen LogP contribution in [0, 0.1) is 18.8 Å². The number of nitrogens with zero attached hydrogens (tertiary/aromatic N) is 4. The van der Waals surface area contributed by atoms with Crippen LogP contribution in [-0.4, -0.2) is 25.4 Å². The summed E-state index contributed by atoms with van der Waals surface area (Å²) in [5, 5.41) is 4.54. The van der Waals surface area contributed by atoms with Gasteiger partial charge in [0.15, 0.2) is 0 Å². The van der Waals surface area contributed by atoms with E-state index in [1.54, 1.807) is 12.4 Å². The lowest BCUT2D eigenvalue weighted by Crippen LogP contribution is -2.15. The standard InChI is InChI=1S/C18H20N6O/c1-9-4-12(9)18(25)23-16-6-11-5-14(15-8-20-10(2)24(15)3)22-17(19)13(11)7-21-16/h5-9,12H,4H2,1-3H3,(H2,19,22)(H,21,23,25)/t9-,12-/m1/s1. The number of nitrogen functional groups attached to an aromatic ring is 1. The molecule has 0 saturated heterocycles. The molecule has 3 N–H and O–H groups in total. The molecule has 3 aromatic heterocycles. The van der Waals surface area contributed by atoms with E-state index in [0.717, 1.165) is 34.4 Å². The molecule has 1 saturated carbocycles. The Hall–Kier alpha value is -2.96. The maximum atomic E-state index is 12.1. The smallest absolute Gasteiger partial charge is 0.228 e. The van der Waals surface area contributed by atoms with E-state index in [9.17, 15) is 4.79 Å². The summed E-state index contributed by atoms with van der Waals surface area (Å²) in [5.74, 6) is 2.44. The van der Waals surface area contributed by atoms with Gasteiger partial charge in [-0.1, -0.05) is 6.92 Å². The van der Waals surface area contributed by atoms with Crippen molar-refractivity contribution in [2.45, 2.75) is 20.3 Å². The minimum absolute atomic E-state index is 0.0314. The van der Waals surface area contributed by atoms with E-state index in [-0.39, 0.29) is 11.8 Å². The quantitative estimate of drug-likeness (QED) is 0.766. The van der Waals surface area contributed by atoms with Crippen molar-refractivity contribution >= 4 is 28.3 Å². The average Bonchev–Trinajstić information content (AvgIpc) is 3.22. The minimum atomic E-state index is 0.0314. The highest BCUT2D eigenvalue weighted by molar-refractivity contribution is 5.98. The zero-order valence-corrected chi connectivity index (χ0v) is 14.4. The van der Waals surface area contributed by atoms with Gasteiger partial charge in [0, 0.05) is 24.5 Å². The van der Waals surface area contributed by atoms with Crippen LogP contribution in [0.15, 0.2) is 24.5 Å². The van der Waals surface area contributed by atoms with E-state index >= 15 is 0 Å². The second kappa shape index (κ2) is 5.54. The zero-order chi connectivity index (χ0) is 17.7. The van der Waals surface area contributed by atoms with Crippen LogP contribution < -0.4 is 11.1 Å². The summed E-state index contributed by atoms with van der Waals surface area (Å²) in [7, 11) is 1.94. The second-order valence-corrected chi connectivity index (χ2v) is 6.74. The predicted octanol–water partition coefficient (Wildman–Crippen LogP) is 2.52. The number of carbonyl (C=O) groups is 1. The third-order valence-corrected chi connectivity index (χ3v) is 4.93. The van der Waals surface area contributed by atoms with E-state index in [1.807, 2.05) is 30.7 Å². The van der Waals surface area contributed by atoms with Crippen molar-refractivity contribution in [3.05, 3.63) is 30.4 Å². The van der Waals surface area contributed by atoms with Crippen LogP contribution in [0.25, 0.3) is 22.2 Å². The first kappa shape index (κ1) is 15.6. The first-order valence-corrected chi connectivity index (χ1v) is 8.30. The summed E-state index contributed by atoms with van der Waals surface area (Å²) in [4.78, 5) is 25.2. The van der Waals surface area contributed by atoms with Crippen molar-refractivity contribution in [1.82, 2.24) is 19.5 Å². The lowest BCUT2D eigenvalue weighted by Gasteiger charge is -2.09. The van der Waals surface area contributed by atoms with Gasteiger partial charge < -0.3 is 15.6 Å². The molecule has 1 aliphatic rings. The van der Waals surface area contributed by atoms with Crippen LogP contribution in [0.2, 0.25) is 0 Å². The fourth-order valence-corrected chi connectivity index (χ4v) is 3.02. The molecule has 7 heteroatoms. The SMILES string of the molecule is Cc1ncc(-c2cc3cc(NC(=O)[C@@H]4C[C@H]4C)ncc3c(N)n2)n1C. The van der Waals surface area contributed by atoms with E-state index in [4.69, 9.17) is 5.73 Å². The van der Waals surface area contributed by atoms with Gasteiger partial charge in [-0.15, -0.1) is 0 Å². The highest BCUT2D eigenvalue weighted by Crippen LogP contribution is 2.38. The third-order valence-electron chi connectivity index (χ3n) is 4.93. The Bertz CT molecular complexity index is 993. The van der Waals surface area contributed by atoms with Crippen molar-refractivity contribution < 1.29 is 4.79 Å². The van der Waals surface area contributed by atoms with Gasteiger partial charge in [0.05, 0.1) is 17.6 Å². The lowest BCUT2D eigenvalue weighted by atomic mass is 10.1. The Morgan fingerprint density at radius 1 is 1.32 bits per heavy atom. The van der Waals surface area contributed by atoms with Gasteiger partial charge >= 0.3 is 0 Å². The molecular weight excluding hydrogens is 316 g/mol. The average molecular weight is 336 g/mol. The number of pyridine rings is 2. The largest absolute Gasteiger partial charge is 0.383 e. The first-order chi connectivity index (χ1) is 11.9. The summed E-state index contributed by atoms with van der Waals surface area (Å²) in [5.41, 5.74) is 7.74. The number of imidazole rings is 1. The molecule has 7 nitrogen and oxygen atoms in total. The number of aryl methyl sites for hydroxylation is 1. The number of rotatable bonds is 3. The molecule has 0 spiro atoms. The number of nitrogens with one attached hydrogen (secondary N) is 1. The molecular formula is C18H20N6O. The fourth-order valence-electron chi connectivity index (χ4n) is 3.02. The number of amides is 1. The van der Waals surface area contributed by atoms with E-state index in [1.165, 1.54) is 0 Å². The van der Waals surface area contributed by atoms with Gasteiger partial charge in [0.1, 0.15) is 17.5 Å². The van der Waals surface area contributed by atoms with Crippen LogP contribution >= 0.6 is 0 Å². The molecule has 3 heterocycles. The zero-order valence-electron chi connectivity index (χ0n) is 14.4. The molecule has 0 aromatic carbocycles. The van der Waals surface area contributed by atoms with Gasteiger partial charge in [-0.2, -0.15) is 0 Å². The van der Waals surface area contributed by atoms with Crippen molar-refractivity contribution in [3.8, 4) is 11.4 Å². The molecule has 0 unspecified atom stereocenters. The maximum absolute atomic E-state index is 12.1. The molecule has 1 fully saturated rings. The number of hydrogen-bond acceptors (Lipinski definition) is 5. The van der Waals surface area contributed by atoms with E-state index < -0.39 is 0 Å². The fraction of sp³-hybridized carbons (Fsp3) is 0.333. The van der Waals surface area contributed by atoms with E-state index in [0.29, 0.717) is 17.6 Å². The molecule has 1 aliphatic carbocycles. The van der Waals surface area contributed by atoms with E-state index in [2.05, 4.69) is 27.2 Å². The topological polar surface area (TPSA) is 98.7 Å². The first-order valence-electron chi connectivity index (χ1n) is 8.30. The highest BCUT2D eigenvalue weighted by atomic mass is 16.2. The normalized spacial score (nSPS) is 19.2. The van der Waals surface area contributed by atoms with Crippen LogP contribution in [-0.2, 0) is 11.8 Å². The maximum Gasteiger partial charge on any atom is 0.228 e. The van der Waals surface area contributed by atoms with Gasteiger partial charge in [0.25, 0.3) is 0 Å². The third kappa shape index (κ3) is 2.71. The van der Waals surface area contributed by atoms with Crippen molar-refractivity contribution in [2.75, 3.05) is 11.1 Å². The Morgan fingerprint density at radius 2 is 2.08 bits per heavy atom. The van der Waals surface area contributed by atoms with Crippen LogP contribution in [0.1, 0.15) is 19.2 Å². The number of nitrogens with two attached hydrogens (primary N) is 1. The van der Waals surface area contributed by atoms with Crippen molar-refractivity contribution in [2.24, 2.45) is 18.9 Å². The Morgan fingerprint density at radius 3 is 2.72 bits per heavy atom. The summed E-state index contributed by atoms with van der Waals surface area (Å²) in [6.07, 6.45) is 4.38. The second-order valence-electron chi connectivity index (χ2n) is 6.74. The van der Waals surface area contributed by atoms with Crippen molar-refractivity contribution in [1.29, 1.82) is 0 Å². The predicted molar refractivity (Wildman–Crippen MR) is 96.8 cm³/mol. The minimum Gasteiger partial charge on any atom is -0.383 e. The number of carbonyl (C=O) groups excluding carboxylic acids is 1. The van der Waals surface area contributed by atoms with Gasteiger partial charge in [-0.25, -0.2) is 15.0 Å². The summed E-state index contributed by atoms with van der Waals surface area (Å²) in [6.45, 7) is 4.01. The summed E-state index contributed by atoms with van der Waals surface area (Å²) >= 11 is 0. The molecule has 0 bridgehead atoms. The van der Waals surface area contributed by atoms with Crippen LogP contribution in [0.4, 0.5) is 11.6 Å². The number of fused-ring (bicyclic) bond motifs is 1. The summed E-state index contributed by atoms with van der Waals surface area (Å²) < 4.78 is 1.96. The Kier molecular flexibility index (Phi) is 3.45. The number of aromatic nitrogens is 4. The van der Waals surface area contributed by atoms with Crippen LogP contribution in [0.3, 0.4) is 0 Å².